The molecule has 0 bridgehead atoms. The van der Waals surface area contributed by atoms with Crippen molar-refractivity contribution in [1.29, 1.82) is 10.5 Å². The minimum atomic E-state index is -0.377. The smallest absolute Gasteiger partial charge is 0.124 e. The predicted octanol–water partition coefficient (Wildman–Crippen LogP) is 2.43. The number of benzene rings is 1. The quantitative estimate of drug-likeness (QED) is 0.801. The fourth-order valence-corrected chi connectivity index (χ4v) is 2.37. The predicted molar refractivity (Wildman–Crippen MR) is 64.7 cm³/mol. The second kappa shape index (κ2) is 5.62. The Balaban J connectivity index is 2.07. The number of nitriles is 2. The minimum absolute atomic E-state index is 0.0720. The molecule has 92 valence electrons. The van der Waals surface area contributed by atoms with Crippen LogP contribution in [0.5, 0.6) is 0 Å². The van der Waals surface area contributed by atoms with Gasteiger partial charge in [0.2, 0.25) is 0 Å². The van der Waals surface area contributed by atoms with Gasteiger partial charge in [0.15, 0.2) is 0 Å². The van der Waals surface area contributed by atoms with E-state index in [1.54, 1.807) is 6.07 Å². The van der Waals surface area contributed by atoms with E-state index in [9.17, 15) is 4.39 Å². The molecule has 0 amide bonds. The van der Waals surface area contributed by atoms with Crippen molar-refractivity contribution in [2.45, 2.75) is 19.4 Å². The van der Waals surface area contributed by atoms with Crippen molar-refractivity contribution in [2.24, 2.45) is 5.92 Å². The molecule has 1 unspecified atom stereocenters. The Hall–Kier alpha value is -1.91. The van der Waals surface area contributed by atoms with Gasteiger partial charge in [-0.05, 0) is 43.1 Å². The highest BCUT2D eigenvalue weighted by atomic mass is 19.1. The molecule has 0 saturated carbocycles. The van der Waals surface area contributed by atoms with Crippen molar-refractivity contribution in [2.75, 3.05) is 13.1 Å². The molecule has 1 aliphatic heterocycles. The standard InChI is InChI=1S/C14H14FN3/c15-14-5-12(8-17)4-13(6-14)10-18-3-1-2-11(7-16)9-18/h4-6,11H,1-3,9-10H2. The molecule has 2 rings (SSSR count). The SMILES string of the molecule is N#Cc1cc(F)cc(CN2CCCC(C#N)C2)c1. The molecular formula is C14H14FN3. The fourth-order valence-electron chi connectivity index (χ4n) is 2.37. The van der Waals surface area contributed by atoms with Gasteiger partial charge in [-0.3, -0.25) is 4.90 Å². The highest BCUT2D eigenvalue weighted by Crippen LogP contribution is 2.18. The minimum Gasteiger partial charge on any atom is -0.298 e. The van der Waals surface area contributed by atoms with Crippen LogP contribution in [0.2, 0.25) is 0 Å². The second-order valence-corrected chi connectivity index (χ2v) is 4.66. The number of rotatable bonds is 2. The van der Waals surface area contributed by atoms with Crippen LogP contribution in [0.25, 0.3) is 0 Å². The lowest BCUT2D eigenvalue weighted by molar-refractivity contribution is 0.192. The Kier molecular flexibility index (Phi) is 3.92. The van der Waals surface area contributed by atoms with Gasteiger partial charge < -0.3 is 0 Å². The van der Waals surface area contributed by atoms with Crippen molar-refractivity contribution in [3.63, 3.8) is 0 Å². The first-order chi connectivity index (χ1) is 8.71. The molecule has 1 atom stereocenters. The molecule has 1 saturated heterocycles. The maximum Gasteiger partial charge on any atom is 0.124 e. The zero-order valence-corrected chi connectivity index (χ0v) is 10.1. The van der Waals surface area contributed by atoms with Crippen LogP contribution in [0.3, 0.4) is 0 Å². The lowest BCUT2D eigenvalue weighted by Gasteiger charge is -2.29. The Morgan fingerprint density at radius 1 is 1.33 bits per heavy atom. The molecule has 1 aromatic carbocycles. The molecule has 0 radical (unpaired) electrons. The van der Waals surface area contributed by atoms with E-state index in [0.717, 1.165) is 31.5 Å². The third kappa shape index (κ3) is 3.06. The van der Waals surface area contributed by atoms with Gasteiger partial charge in [-0.25, -0.2) is 4.39 Å². The number of nitrogens with zero attached hydrogens (tertiary/aromatic N) is 3. The normalized spacial score (nSPS) is 20.1. The van der Waals surface area contributed by atoms with Crippen LogP contribution >= 0.6 is 0 Å². The topological polar surface area (TPSA) is 50.8 Å². The highest BCUT2D eigenvalue weighted by Gasteiger charge is 2.19. The van der Waals surface area contributed by atoms with Crippen molar-refractivity contribution < 1.29 is 4.39 Å². The molecule has 0 N–H and O–H groups in total. The van der Waals surface area contributed by atoms with Crippen LogP contribution < -0.4 is 0 Å². The maximum atomic E-state index is 13.3. The van der Waals surface area contributed by atoms with Crippen molar-refractivity contribution >= 4 is 0 Å². The van der Waals surface area contributed by atoms with Gasteiger partial charge in [0.05, 0.1) is 23.6 Å². The van der Waals surface area contributed by atoms with Gasteiger partial charge in [-0.1, -0.05) is 0 Å². The number of hydrogen-bond donors (Lipinski definition) is 0. The molecule has 1 heterocycles. The summed E-state index contributed by atoms with van der Waals surface area (Å²) in [4.78, 5) is 2.15. The summed E-state index contributed by atoms with van der Waals surface area (Å²) in [5.74, 6) is -0.305. The third-order valence-corrected chi connectivity index (χ3v) is 3.18. The van der Waals surface area contributed by atoms with E-state index in [4.69, 9.17) is 10.5 Å². The molecule has 3 nitrogen and oxygen atoms in total. The fraction of sp³-hybridized carbons (Fsp3) is 0.429. The molecule has 0 spiro atoms. The molecule has 18 heavy (non-hydrogen) atoms. The van der Waals surface area contributed by atoms with Gasteiger partial charge in [-0.15, -0.1) is 0 Å². The zero-order valence-electron chi connectivity index (χ0n) is 10.1. The van der Waals surface area contributed by atoms with Gasteiger partial charge in [0.1, 0.15) is 5.82 Å². The van der Waals surface area contributed by atoms with E-state index in [0.29, 0.717) is 12.1 Å². The van der Waals surface area contributed by atoms with E-state index in [-0.39, 0.29) is 11.7 Å². The van der Waals surface area contributed by atoms with Crippen molar-refractivity contribution in [3.8, 4) is 12.1 Å². The van der Waals surface area contributed by atoms with Gasteiger partial charge >= 0.3 is 0 Å². The average Bonchev–Trinajstić information content (AvgIpc) is 2.38. The van der Waals surface area contributed by atoms with Gasteiger partial charge in [0.25, 0.3) is 0 Å². The number of likely N-dealkylation sites (tertiary alicyclic amines) is 1. The van der Waals surface area contributed by atoms with Crippen LogP contribution in [0, 0.1) is 34.4 Å². The van der Waals surface area contributed by atoms with Crippen molar-refractivity contribution in [1.82, 2.24) is 4.90 Å². The molecule has 4 heteroatoms. The summed E-state index contributed by atoms with van der Waals surface area (Å²) in [6, 6.07) is 8.64. The number of halogens is 1. The lowest BCUT2D eigenvalue weighted by atomic mass is 9.99. The maximum absolute atomic E-state index is 13.3. The molecule has 0 aromatic heterocycles. The monoisotopic (exact) mass is 243 g/mol. The van der Waals surface area contributed by atoms with Crippen LogP contribution in [0.4, 0.5) is 4.39 Å². The van der Waals surface area contributed by atoms with E-state index in [1.807, 2.05) is 6.07 Å². The van der Waals surface area contributed by atoms with Crippen LogP contribution in [0.15, 0.2) is 18.2 Å². The molecule has 1 aliphatic rings. The molecular weight excluding hydrogens is 229 g/mol. The Morgan fingerprint density at radius 3 is 2.89 bits per heavy atom. The first kappa shape index (κ1) is 12.5. The second-order valence-electron chi connectivity index (χ2n) is 4.66. The summed E-state index contributed by atoms with van der Waals surface area (Å²) >= 11 is 0. The summed E-state index contributed by atoms with van der Waals surface area (Å²) in [7, 11) is 0. The summed E-state index contributed by atoms with van der Waals surface area (Å²) in [6.07, 6.45) is 1.94. The van der Waals surface area contributed by atoms with E-state index in [2.05, 4.69) is 11.0 Å². The average molecular weight is 243 g/mol. The van der Waals surface area contributed by atoms with E-state index < -0.39 is 0 Å². The summed E-state index contributed by atoms with van der Waals surface area (Å²) in [6.45, 7) is 2.26. The van der Waals surface area contributed by atoms with Gasteiger partial charge in [-0.2, -0.15) is 10.5 Å². The first-order valence-corrected chi connectivity index (χ1v) is 6.03. The van der Waals surface area contributed by atoms with E-state index in [1.165, 1.54) is 12.1 Å². The summed E-state index contributed by atoms with van der Waals surface area (Å²) in [5.41, 5.74) is 1.14. The van der Waals surface area contributed by atoms with E-state index >= 15 is 0 Å². The number of hydrogen-bond acceptors (Lipinski definition) is 3. The Morgan fingerprint density at radius 2 is 2.17 bits per heavy atom. The first-order valence-electron chi connectivity index (χ1n) is 6.03. The largest absolute Gasteiger partial charge is 0.298 e. The zero-order chi connectivity index (χ0) is 13.0. The van der Waals surface area contributed by atoms with Crippen LogP contribution in [0.1, 0.15) is 24.0 Å². The lowest BCUT2D eigenvalue weighted by Crippen LogP contribution is -2.34. The van der Waals surface area contributed by atoms with Crippen LogP contribution in [-0.2, 0) is 6.54 Å². The summed E-state index contributed by atoms with van der Waals surface area (Å²) < 4.78 is 13.3. The molecule has 0 aliphatic carbocycles. The Bertz CT molecular complexity index is 513. The van der Waals surface area contributed by atoms with Crippen molar-refractivity contribution in [3.05, 3.63) is 35.1 Å². The third-order valence-electron chi connectivity index (χ3n) is 3.18. The highest BCUT2D eigenvalue weighted by molar-refractivity contribution is 5.33. The summed E-state index contributed by atoms with van der Waals surface area (Å²) in [5, 5.41) is 17.7. The molecule has 1 fully saturated rings. The van der Waals surface area contributed by atoms with Crippen LogP contribution in [-0.4, -0.2) is 18.0 Å². The molecule has 1 aromatic rings. The van der Waals surface area contributed by atoms with Gasteiger partial charge in [0, 0.05) is 13.1 Å². The Labute approximate surface area is 106 Å². The number of piperidine rings is 1.